The van der Waals surface area contributed by atoms with Crippen molar-refractivity contribution in [2.75, 3.05) is 39.4 Å². The van der Waals surface area contributed by atoms with Crippen molar-refractivity contribution in [1.82, 2.24) is 15.1 Å². The molecule has 0 radical (unpaired) electrons. The van der Waals surface area contributed by atoms with Crippen molar-refractivity contribution in [2.24, 2.45) is 5.92 Å². The van der Waals surface area contributed by atoms with Crippen LogP contribution in [0.4, 0.5) is 0 Å². The Bertz CT molecular complexity index is 671. The third-order valence-corrected chi connectivity index (χ3v) is 5.47. The normalized spacial score (nSPS) is 21.0. The summed E-state index contributed by atoms with van der Waals surface area (Å²) in [6.07, 6.45) is 3.11. The Morgan fingerprint density at radius 2 is 1.96 bits per heavy atom. The molecule has 2 aliphatic rings. The number of hydrogen-bond acceptors (Lipinski definition) is 4. The highest BCUT2D eigenvalue weighted by molar-refractivity contribution is 5.94. The van der Waals surface area contributed by atoms with E-state index in [1.54, 1.807) is 0 Å². The molecule has 0 bridgehead atoms. The molecule has 2 amide bonds. The molecule has 1 N–H and O–H groups in total. The van der Waals surface area contributed by atoms with Crippen molar-refractivity contribution < 1.29 is 14.3 Å². The fraction of sp³-hybridized carbons (Fsp3) is 0.636. The van der Waals surface area contributed by atoms with Crippen LogP contribution in [0.15, 0.2) is 24.3 Å². The summed E-state index contributed by atoms with van der Waals surface area (Å²) >= 11 is 0. The molecule has 2 aliphatic heterocycles. The van der Waals surface area contributed by atoms with Crippen LogP contribution in [0.5, 0.6) is 0 Å². The third kappa shape index (κ3) is 5.55. The molecule has 1 unspecified atom stereocenters. The Hall–Kier alpha value is -1.92. The summed E-state index contributed by atoms with van der Waals surface area (Å²) in [4.78, 5) is 29.6. The van der Waals surface area contributed by atoms with E-state index in [9.17, 15) is 9.59 Å². The predicted octanol–water partition coefficient (Wildman–Crippen LogP) is 2.29. The largest absolute Gasteiger partial charge is 0.378 e. The SMILES string of the molecule is CC(C)CNC(=O)c1cccc(CN2CCCCC2C(=O)N2CCOCC2)c1. The van der Waals surface area contributed by atoms with Gasteiger partial charge < -0.3 is 15.0 Å². The van der Waals surface area contributed by atoms with Gasteiger partial charge in [-0.2, -0.15) is 0 Å². The molecule has 1 aromatic carbocycles. The third-order valence-electron chi connectivity index (χ3n) is 5.47. The number of hydrogen-bond donors (Lipinski definition) is 1. The van der Waals surface area contributed by atoms with Crippen molar-refractivity contribution in [1.29, 1.82) is 0 Å². The van der Waals surface area contributed by atoms with Crippen LogP contribution >= 0.6 is 0 Å². The first-order valence-electron chi connectivity index (χ1n) is 10.5. The number of ether oxygens (including phenoxy) is 1. The average molecular weight is 388 g/mol. The predicted molar refractivity (Wildman–Crippen MR) is 109 cm³/mol. The summed E-state index contributed by atoms with van der Waals surface area (Å²) < 4.78 is 5.38. The van der Waals surface area contributed by atoms with E-state index in [1.807, 2.05) is 29.2 Å². The minimum Gasteiger partial charge on any atom is -0.378 e. The summed E-state index contributed by atoms with van der Waals surface area (Å²) in [6.45, 7) is 9.10. The van der Waals surface area contributed by atoms with Gasteiger partial charge in [0, 0.05) is 31.7 Å². The summed E-state index contributed by atoms with van der Waals surface area (Å²) in [6, 6.07) is 7.73. The molecular formula is C22H33N3O3. The van der Waals surface area contributed by atoms with Gasteiger partial charge in [0.25, 0.3) is 5.91 Å². The minimum atomic E-state index is -0.0646. The Morgan fingerprint density at radius 1 is 1.18 bits per heavy atom. The van der Waals surface area contributed by atoms with Gasteiger partial charge in [0.2, 0.25) is 5.91 Å². The molecule has 3 rings (SSSR count). The van der Waals surface area contributed by atoms with Crippen LogP contribution in [0.1, 0.15) is 49.0 Å². The van der Waals surface area contributed by atoms with Gasteiger partial charge >= 0.3 is 0 Å². The van der Waals surface area contributed by atoms with Crippen LogP contribution in [0.2, 0.25) is 0 Å². The van der Waals surface area contributed by atoms with E-state index >= 15 is 0 Å². The van der Waals surface area contributed by atoms with Crippen molar-refractivity contribution >= 4 is 11.8 Å². The van der Waals surface area contributed by atoms with Crippen LogP contribution in [0.25, 0.3) is 0 Å². The molecular weight excluding hydrogens is 354 g/mol. The molecule has 2 heterocycles. The molecule has 2 saturated heterocycles. The van der Waals surface area contributed by atoms with Gasteiger partial charge in [-0.1, -0.05) is 32.4 Å². The van der Waals surface area contributed by atoms with E-state index in [1.165, 1.54) is 0 Å². The maximum Gasteiger partial charge on any atom is 0.251 e. The molecule has 6 heteroatoms. The number of amides is 2. The lowest BCUT2D eigenvalue weighted by Crippen LogP contribution is -2.53. The Labute approximate surface area is 168 Å². The van der Waals surface area contributed by atoms with Crippen LogP contribution in [-0.2, 0) is 16.1 Å². The lowest BCUT2D eigenvalue weighted by molar-refractivity contribution is -0.142. The summed E-state index contributed by atoms with van der Waals surface area (Å²) in [5, 5.41) is 2.97. The van der Waals surface area contributed by atoms with Crippen molar-refractivity contribution in [2.45, 2.75) is 45.7 Å². The lowest BCUT2D eigenvalue weighted by Gasteiger charge is -2.38. The molecule has 6 nitrogen and oxygen atoms in total. The van der Waals surface area contributed by atoms with Crippen LogP contribution in [0.3, 0.4) is 0 Å². The standard InChI is InChI=1S/C22H33N3O3/c1-17(2)15-23-21(26)19-7-5-6-18(14-19)16-25-9-4-3-8-20(25)22(27)24-10-12-28-13-11-24/h5-7,14,17,20H,3-4,8-13,15-16H2,1-2H3,(H,23,26). The first kappa shape index (κ1) is 20.8. The maximum absolute atomic E-state index is 13.0. The second kappa shape index (κ2) is 10.0. The fourth-order valence-electron chi connectivity index (χ4n) is 3.90. The summed E-state index contributed by atoms with van der Waals surface area (Å²) in [5.41, 5.74) is 1.77. The number of rotatable bonds is 6. The second-order valence-corrected chi connectivity index (χ2v) is 8.22. The lowest BCUT2D eigenvalue weighted by atomic mass is 9.99. The van der Waals surface area contributed by atoms with Crippen LogP contribution in [0, 0.1) is 5.92 Å². The average Bonchev–Trinajstić information content (AvgIpc) is 2.72. The zero-order valence-corrected chi connectivity index (χ0v) is 17.2. The molecule has 0 aromatic heterocycles. The van der Waals surface area contributed by atoms with Gasteiger partial charge in [-0.05, 0) is 43.0 Å². The number of piperidine rings is 1. The van der Waals surface area contributed by atoms with E-state index in [-0.39, 0.29) is 17.9 Å². The maximum atomic E-state index is 13.0. The number of carbonyl (C=O) groups excluding carboxylic acids is 2. The van der Waals surface area contributed by atoms with E-state index < -0.39 is 0 Å². The molecule has 1 aromatic rings. The number of morpholine rings is 1. The first-order chi connectivity index (χ1) is 13.5. The smallest absolute Gasteiger partial charge is 0.251 e. The van der Waals surface area contributed by atoms with E-state index in [4.69, 9.17) is 4.74 Å². The number of carbonyl (C=O) groups is 2. The van der Waals surface area contributed by atoms with Crippen molar-refractivity contribution in [3.8, 4) is 0 Å². The number of likely N-dealkylation sites (tertiary alicyclic amines) is 1. The van der Waals surface area contributed by atoms with Gasteiger partial charge in [0.15, 0.2) is 0 Å². The van der Waals surface area contributed by atoms with Crippen LogP contribution < -0.4 is 5.32 Å². The minimum absolute atomic E-state index is 0.0323. The van der Waals surface area contributed by atoms with Crippen LogP contribution in [-0.4, -0.2) is 67.0 Å². The number of nitrogens with zero attached hydrogens (tertiary/aromatic N) is 2. The van der Waals surface area contributed by atoms with Crippen molar-refractivity contribution in [3.05, 3.63) is 35.4 Å². The molecule has 0 saturated carbocycles. The highest BCUT2D eigenvalue weighted by Crippen LogP contribution is 2.22. The van der Waals surface area contributed by atoms with Gasteiger partial charge in [0.1, 0.15) is 0 Å². The topological polar surface area (TPSA) is 61.9 Å². The number of benzene rings is 1. The summed E-state index contributed by atoms with van der Waals surface area (Å²) in [7, 11) is 0. The summed E-state index contributed by atoms with van der Waals surface area (Å²) in [5.74, 6) is 0.622. The Kier molecular flexibility index (Phi) is 7.45. The van der Waals surface area contributed by atoms with E-state index in [0.717, 1.165) is 31.4 Å². The highest BCUT2D eigenvalue weighted by Gasteiger charge is 2.32. The molecule has 154 valence electrons. The second-order valence-electron chi connectivity index (χ2n) is 8.22. The first-order valence-corrected chi connectivity index (χ1v) is 10.5. The number of nitrogens with one attached hydrogen (secondary N) is 1. The zero-order valence-electron chi connectivity index (χ0n) is 17.2. The van der Waals surface area contributed by atoms with Gasteiger partial charge in [-0.3, -0.25) is 14.5 Å². The zero-order chi connectivity index (χ0) is 19.9. The fourth-order valence-corrected chi connectivity index (χ4v) is 3.90. The van der Waals surface area contributed by atoms with Gasteiger partial charge in [-0.25, -0.2) is 0 Å². The highest BCUT2D eigenvalue weighted by atomic mass is 16.5. The van der Waals surface area contributed by atoms with Crippen molar-refractivity contribution in [3.63, 3.8) is 0 Å². The van der Waals surface area contributed by atoms with E-state index in [2.05, 4.69) is 24.1 Å². The molecule has 0 aliphatic carbocycles. The Morgan fingerprint density at radius 3 is 2.71 bits per heavy atom. The Balaban J connectivity index is 1.66. The molecule has 28 heavy (non-hydrogen) atoms. The van der Waals surface area contributed by atoms with E-state index in [0.29, 0.717) is 50.9 Å². The van der Waals surface area contributed by atoms with Gasteiger partial charge in [0.05, 0.1) is 19.3 Å². The van der Waals surface area contributed by atoms with Gasteiger partial charge in [-0.15, -0.1) is 0 Å². The molecule has 2 fully saturated rings. The molecule has 0 spiro atoms. The molecule has 1 atom stereocenters. The monoisotopic (exact) mass is 387 g/mol. The quantitative estimate of drug-likeness (QED) is 0.814.